The molecule has 1 aliphatic rings. The second-order valence-electron chi connectivity index (χ2n) is 6.66. The highest BCUT2D eigenvalue weighted by atomic mass is 16.6. The highest BCUT2D eigenvalue weighted by molar-refractivity contribution is 5.81. The van der Waals surface area contributed by atoms with Gasteiger partial charge >= 0.3 is 5.97 Å². The van der Waals surface area contributed by atoms with Crippen molar-refractivity contribution < 1.29 is 23.8 Å². The quantitative estimate of drug-likeness (QED) is 0.603. The number of rotatable bonds is 6. The molecule has 30 heavy (non-hydrogen) atoms. The van der Waals surface area contributed by atoms with Crippen LogP contribution in [0.3, 0.4) is 0 Å². The Balaban J connectivity index is 1.24. The molecule has 154 valence electrons. The van der Waals surface area contributed by atoms with Gasteiger partial charge in [-0.3, -0.25) is 19.0 Å². The predicted octanol–water partition coefficient (Wildman–Crippen LogP) is 0.896. The molecule has 1 atom stereocenters. The normalized spacial score (nSPS) is 14.9. The monoisotopic (exact) mass is 409 g/mol. The molecule has 0 unspecified atom stereocenters. The summed E-state index contributed by atoms with van der Waals surface area (Å²) in [5, 5.41) is 3.04. The van der Waals surface area contributed by atoms with Gasteiger partial charge in [0.2, 0.25) is 0 Å². The van der Waals surface area contributed by atoms with E-state index in [1.165, 1.54) is 6.33 Å². The molecule has 2 aromatic carbocycles. The van der Waals surface area contributed by atoms with E-state index in [1.807, 2.05) is 12.1 Å². The van der Waals surface area contributed by atoms with E-state index in [9.17, 15) is 14.4 Å². The van der Waals surface area contributed by atoms with Crippen LogP contribution in [0.1, 0.15) is 0 Å². The van der Waals surface area contributed by atoms with Gasteiger partial charge in [-0.05, 0) is 24.3 Å². The molecule has 9 heteroatoms. The molecule has 0 aliphatic carbocycles. The molecule has 1 amide bonds. The fraction of sp³-hybridized carbons (Fsp3) is 0.238. The number of carbonyl (C=O) groups is 2. The number of esters is 1. The van der Waals surface area contributed by atoms with E-state index in [0.717, 1.165) is 4.57 Å². The van der Waals surface area contributed by atoms with Gasteiger partial charge in [0, 0.05) is 0 Å². The Morgan fingerprint density at radius 1 is 1.13 bits per heavy atom. The first kappa shape index (κ1) is 19.4. The average molecular weight is 409 g/mol. The van der Waals surface area contributed by atoms with Crippen molar-refractivity contribution in [1.29, 1.82) is 0 Å². The molecule has 0 fully saturated rings. The first-order chi connectivity index (χ1) is 14.6. The summed E-state index contributed by atoms with van der Waals surface area (Å²) in [7, 11) is 0. The summed E-state index contributed by atoms with van der Waals surface area (Å²) in [6, 6.07) is 14.1. The lowest BCUT2D eigenvalue weighted by Crippen LogP contribution is -2.42. The number of benzene rings is 2. The predicted molar refractivity (Wildman–Crippen MR) is 106 cm³/mol. The van der Waals surface area contributed by atoms with E-state index < -0.39 is 18.5 Å². The standard InChI is InChI=1S/C21H19N3O6/c25-19(22-9-14-11-28-17-7-3-4-8-18(17)30-14)12-29-20(26)10-24-13-23-16-6-2-1-5-15(16)21(24)27/h1-8,13-14H,9-12H2,(H,22,25)/t14-/m1/s1. The Hall–Kier alpha value is -3.88. The van der Waals surface area contributed by atoms with Crippen molar-refractivity contribution in [2.75, 3.05) is 19.8 Å². The fourth-order valence-corrected chi connectivity index (χ4v) is 2.99. The van der Waals surface area contributed by atoms with Gasteiger partial charge in [-0.2, -0.15) is 0 Å². The molecule has 1 aliphatic heterocycles. The van der Waals surface area contributed by atoms with E-state index in [-0.39, 0.29) is 24.8 Å². The van der Waals surface area contributed by atoms with Crippen LogP contribution in [0, 0.1) is 0 Å². The second kappa shape index (κ2) is 8.64. The number of ether oxygens (including phenoxy) is 3. The molecular formula is C21H19N3O6. The van der Waals surface area contributed by atoms with Crippen LogP contribution in [0.4, 0.5) is 0 Å². The number of nitrogens with one attached hydrogen (secondary N) is 1. The third kappa shape index (κ3) is 4.40. The van der Waals surface area contributed by atoms with Crippen molar-refractivity contribution in [1.82, 2.24) is 14.9 Å². The number of amides is 1. The van der Waals surface area contributed by atoms with Gasteiger partial charge in [0.15, 0.2) is 18.1 Å². The molecule has 2 heterocycles. The van der Waals surface area contributed by atoms with E-state index in [1.54, 1.807) is 36.4 Å². The van der Waals surface area contributed by atoms with Gasteiger partial charge in [-0.1, -0.05) is 24.3 Å². The van der Waals surface area contributed by atoms with Gasteiger partial charge in [-0.25, -0.2) is 4.98 Å². The molecular weight excluding hydrogens is 390 g/mol. The zero-order valence-corrected chi connectivity index (χ0v) is 15.9. The highest BCUT2D eigenvalue weighted by Gasteiger charge is 2.21. The van der Waals surface area contributed by atoms with Crippen molar-refractivity contribution in [3.05, 3.63) is 65.2 Å². The first-order valence-electron chi connectivity index (χ1n) is 9.35. The zero-order chi connectivity index (χ0) is 20.9. The van der Waals surface area contributed by atoms with E-state index in [0.29, 0.717) is 29.0 Å². The van der Waals surface area contributed by atoms with Gasteiger partial charge in [-0.15, -0.1) is 0 Å². The molecule has 3 aromatic rings. The largest absolute Gasteiger partial charge is 0.486 e. The first-order valence-corrected chi connectivity index (χ1v) is 9.35. The van der Waals surface area contributed by atoms with Gasteiger partial charge in [0.1, 0.15) is 19.3 Å². The molecule has 1 aromatic heterocycles. The summed E-state index contributed by atoms with van der Waals surface area (Å²) in [5.74, 6) is 0.0848. The number of hydrogen-bond acceptors (Lipinski definition) is 7. The minimum atomic E-state index is -0.712. The molecule has 9 nitrogen and oxygen atoms in total. The smallest absolute Gasteiger partial charge is 0.326 e. The SMILES string of the molecule is O=C(COC(=O)Cn1cnc2ccccc2c1=O)NC[C@@H]1COc2ccccc2O1. The Kier molecular flexibility index (Phi) is 5.60. The minimum absolute atomic E-state index is 0.207. The molecule has 0 spiro atoms. The molecule has 0 bridgehead atoms. The Morgan fingerprint density at radius 2 is 1.90 bits per heavy atom. The van der Waals surface area contributed by atoms with Gasteiger partial charge in [0.25, 0.3) is 11.5 Å². The van der Waals surface area contributed by atoms with Crippen molar-refractivity contribution in [3.63, 3.8) is 0 Å². The summed E-state index contributed by atoms with van der Waals surface area (Å²) in [5.41, 5.74) is 0.194. The number of nitrogens with zero attached hydrogens (tertiary/aromatic N) is 2. The lowest BCUT2D eigenvalue weighted by Gasteiger charge is -2.26. The van der Waals surface area contributed by atoms with Crippen molar-refractivity contribution in [2.24, 2.45) is 0 Å². The summed E-state index contributed by atoms with van der Waals surface area (Å²) in [6.07, 6.45) is 0.936. The molecule has 0 radical (unpaired) electrons. The van der Waals surface area contributed by atoms with Crippen LogP contribution in [0.25, 0.3) is 10.9 Å². The number of fused-ring (bicyclic) bond motifs is 2. The Morgan fingerprint density at radius 3 is 2.77 bits per heavy atom. The molecule has 0 saturated carbocycles. The van der Waals surface area contributed by atoms with E-state index in [2.05, 4.69) is 10.3 Å². The number of para-hydroxylation sites is 3. The maximum Gasteiger partial charge on any atom is 0.326 e. The van der Waals surface area contributed by atoms with Gasteiger partial charge < -0.3 is 19.5 Å². The topological polar surface area (TPSA) is 109 Å². The van der Waals surface area contributed by atoms with Crippen LogP contribution < -0.4 is 20.3 Å². The number of aromatic nitrogens is 2. The van der Waals surface area contributed by atoms with Crippen LogP contribution in [0.2, 0.25) is 0 Å². The third-order valence-electron chi connectivity index (χ3n) is 4.49. The fourth-order valence-electron chi connectivity index (χ4n) is 2.99. The second-order valence-corrected chi connectivity index (χ2v) is 6.66. The van der Waals surface area contributed by atoms with Crippen LogP contribution in [0.5, 0.6) is 11.5 Å². The maximum atomic E-state index is 12.4. The maximum absolute atomic E-state index is 12.4. The van der Waals surface area contributed by atoms with Crippen LogP contribution in [0.15, 0.2) is 59.7 Å². The number of hydrogen-bond donors (Lipinski definition) is 1. The highest BCUT2D eigenvalue weighted by Crippen LogP contribution is 2.30. The average Bonchev–Trinajstić information content (AvgIpc) is 2.78. The molecule has 0 saturated heterocycles. The summed E-state index contributed by atoms with van der Waals surface area (Å²) < 4.78 is 17.4. The van der Waals surface area contributed by atoms with Crippen molar-refractivity contribution in [3.8, 4) is 11.5 Å². The van der Waals surface area contributed by atoms with Crippen LogP contribution in [-0.4, -0.2) is 47.3 Å². The minimum Gasteiger partial charge on any atom is -0.486 e. The summed E-state index contributed by atoms with van der Waals surface area (Å²) >= 11 is 0. The summed E-state index contributed by atoms with van der Waals surface area (Å²) in [4.78, 5) is 40.5. The van der Waals surface area contributed by atoms with Crippen LogP contribution >= 0.6 is 0 Å². The lowest BCUT2D eigenvalue weighted by atomic mass is 10.2. The van der Waals surface area contributed by atoms with Gasteiger partial charge in [0.05, 0.1) is 23.8 Å². The Bertz CT molecular complexity index is 1140. The molecule has 4 rings (SSSR count). The Labute approximate surface area is 171 Å². The number of carbonyl (C=O) groups excluding carboxylic acids is 2. The van der Waals surface area contributed by atoms with Crippen molar-refractivity contribution >= 4 is 22.8 Å². The van der Waals surface area contributed by atoms with E-state index in [4.69, 9.17) is 14.2 Å². The molecule has 1 N–H and O–H groups in total. The third-order valence-corrected chi connectivity index (χ3v) is 4.49. The van der Waals surface area contributed by atoms with Crippen LogP contribution in [-0.2, 0) is 20.9 Å². The zero-order valence-electron chi connectivity index (χ0n) is 15.9. The lowest BCUT2D eigenvalue weighted by molar-refractivity contribution is -0.149. The summed E-state index contributed by atoms with van der Waals surface area (Å²) in [6.45, 7) is -0.285. The van der Waals surface area contributed by atoms with E-state index >= 15 is 0 Å². The van der Waals surface area contributed by atoms with Crippen molar-refractivity contribution in [2.45, 2.75) is 12.6 Å².